The van der Waals surface area contributed by atoms with Crippen LogP contribution in [-0.4, -0.2) is 26.2 Å². The number of hydrogen-bond donors (Lipinski definition) is 0. The van der Waals surface area contributed by atoms with Gasteiger partial charge in [-0.25, -0.2) is 0 Å². The molecule has 1 aromatic rings. The van der Waals surface area contributed by atoms with Crippen LogP contribution in [0.2, 0.25) is 0 Å². The number of ether oxygens (including phenoxy) is 1. The van der Waals surface area contributed by atoms with Crippen molar-refractivity contribution in [3.8, 4) is 0 Å². The van der Waals surface area contributed by atoms with E-state index in [0.717, 1.165) is 25.9 Å². The van der Waals surface area contributed by atoms with Crippen LogP contribution in [0, 0.1) is 5.92 Å². The standard InChI is InChI=1S/C15H21NO2/c1-12-10-13-6-3-4-7-14(13)16(11-12)9-5-8-15(17)18-2/h3-4,6-7,12H,5,8-11H2,1-2H3. The summed E-state index contributed by atoms with van der Waals surface area (Å²) < 4.78 is 4.67. The highest BCUT2D eigenvalue weighted by molar-refractivity contribution is 5.69. The van der Waals surface area contributed by atoms with Gasteiger partial charge in [0, 0.05) is 25.2 Å². The van der Waals surface area contributed by atoms with Gasteiger partial charge in [-0.05, 0) is 30.4 Å². The van der Waals surface area contributed by atoms with Crippen molar-refractivity contribution in [1.29, 1.82) is 0 Å². The second kappa shape index (κ2) is 5.89. The lowest BCUT2D eigenvalue weighted by molar-refractivity contribution is -0.140. The van der Waals surface area contributed by atoms with E-state index < -0.39 is 0 Å². The molecule has 1 aliphatic rings. The molecule has 0 amide bonds. The molecule has 0 aromatic heterocycles. The van der Waals surface area contributed by atoms with Gasteiger partial charge in [0.25, 0.3) is 0 Å². The highest BCUT2D eigenvalue weighted by atomic mass is 16.5. The maximum absolute atomic E-state index is 11.1. The predicted octanol–water partition coefficient (Wildman–Crippen LogP) is 2.64. The highest BCUT2D eigenvalue weighted by Crippen LogP contribution is 2.29. The number of carbonyl (C=O) groups is 1. The zero-order valence-electron chi connectivity index (χ0n) is 11.2. The smallest absolute Gasteiger partial charge is 0.305 e. The van der Waals surface area contributed by atoms with E-state index >= 15 is 0 Å². The minimum atomic E-state index is -0.117. The molecular weight excluding hydrogens is 226 g/mol. The van der Waals surface area contributed by atoms with Crippen LogP contribution in [0.15, 0.2) is 24.3 Å². The van der Waals surface area contributed by atoms with Gasteiger partial charge in [0.2, 0.25) is 0 Å². The van der Waals surface area contributed by atoms with Crippen molar-refractivity contribution in [2.75, 3.05) is 25.1 Å². The van der Waals surface area contributed by atoms with E-state index in [2.05, 4.69) is 40.8 Å². The molecular formula is C15H21NO2. The van der Waals surface area contributed by atoms with Crippen LogP contribution in [0.25, 0.3) is 0 Å². The average Bonchev–Trinajstić information content (AvgIpc) is 2.38. The Balaban J connectivity index is 1.98. The van der Waals surface area contributed by atoms with Gasteiger partial charge in [0.05, 0.1) is 7.11 Å². The van der Waals surface area contributed by atoms with Crippen molar-refractivity contribution < 1.29 is 9.53 Å². The van der Waals surface area contributed by atoms with E-state index in [-0.39, 0.29) is 5.97 Å². The van der Waals surface area contributed by atoms with Crippen LogP contribution >= 0.6 is 0 Å². The van der Waals surface area contributed by atoms with Gasteiger partial charge in [-0.2, -0.15) is 0 Å². The molecule has 0 saturated carbocycles. The third-order valence-corrected chi connectivity index (χ3v) is 3.47. The van der Waals surface area contributed by atoms with E-state index in [1.165, 1.54) is 18.4 Å². The second-order valence-corrected chi connectivity index (χ2v) is 5.06. The van der Waals surface area contributed by atoms with Gasteiger partial charge in [0.1, 0.15) is 0 Å². The molecule has 1 unspecified atom stereocenters. The van der Waals surface area contributed by atoms with Crippen molar-refractivity contribution in [3.63, 3.8) is 0 Å². The fraction of sp³-hybridized carbons (Fsp3) is 0.533. The van der Waals surface area contributed by atoms with Crippen LogP contribution < -0.4 is 4.90 Å². The molecule has 0 fully saturated rings. The Kier molecular flexibility index (Phi) is 4.24. The first-order valence-electron chi connectivity index (χ1n) is 6.60. The Morgan fingerprint density at radius 3 is 3.00 bits per heavy atom. The summed E-state index contributed by atoms with van der Waals surface area (Å²) in [6, 6.07) is 8.57. The Bertz CT molecular complexity index is 417. The number of benzene rings is 1. The number of para-hydroxylation sites is 1. The summed E-state index contributed by atoms with van der Waals surface area (Å²) >= 11 is 0. The first kappa shape index (κ1) is 12.9. The normalized spacial score (nSPS) is 18.3. The van der Waals surface area contributed by atoms with E-state index in [9.17, 15) is 4.79 Å². The lowest BCUT2D eigenvalue weighted by Gasteiger charge is -2.34. The largest absolute Gasteiger partial charge is 0.469 e. The maximum atomic E-state index is 11.1. The fourth-order valence-corrected chi connectivity index (χ4v) is 2.63. The first-order chi connectivity index (χ1) is 8.70. The Morgan fingerprint density at radius 2 is 2.22 bits per heavy atom. The van der Waals surface area contributed by atoms with E-state index in [4.69, 9.17) is 0 Å². The minimum Gasteiger partial charge on any atom is -0.469 e. The highest BCUT2D eigenvalue weighted by Gasteiger charge is 2.20. The number of rotatable bonds is 4. The number of nitrogens with zero attached hydrogens (tertiary/aromatic N) is 1. The van der Waals surface area contributed by atoms with Crippen LogP contribution in [0.3, 0.4) is 0 Å². The third-order valence-electron chi connectivity index (χ3n) is 3.47. The molecule has 98 valence electrons. The zero-order chi connectivity index (χ0) is 13.0. The first-order valence-corrected chi connectivity index (χ1v) is 6.60. The number of anilines is 1. The van der Waals surface area contributed by atoms with Crippen molar-refractivity contribution in [2.45, 2.75) is 26.2 Å². The molecule has 3 nitrogen and oxygen atoms in total. The molecule has 1 atom stereocenters. The maximum Gasteiger partial charge on any atom is 0.305 e. The van der Waals surface area contributed by atoms with Gasteiger partial charge in [-0.3, -0.25) is 4.79 Å². The van der Waals surface area contributed by atoms with E-state index in [1.54, 1.807) is 0 Å². The summed E-state index contributed by atoms with van der Waals surface area (Å²) in [5, 5.41) is 0. The third kappa shape index (κ3) is 3.03. The molecule has 0 saturated heterocycles. The SMILES string of the molecule is COC(=O)CCCN1CC(C)Cc2ccccc21. The molecule has 0 spiro atoms. The summed E-state index contributed by atoms with van der Waals surface area (Å²) in [5.74, 6) is 0.561. The summed E-state index contributed by atoms with van der Waals surface area (Å²) in [7, 11) is 1.45. The Labute approximate surface area is 109 Å². The van der Waals surface area contributed by atoms with E-state index in [0.29, 0.717) is 12.3 Å². The van der Waals surface area contributed by atoms with Gasteiger partial charge < -0.3 is 9.64 Å². The summed E-state index contributed by atoms with van der Waals surface area (Å²) in [5.41, 5.74) is 2.76. The van der Waals surface area contributed by atoms with Gasteiger partial charge in [0.15, 0.2) is 0 Å². The minimum absolute atomic E-state index is 0.117. The monoisotopic (exact) mass is 247 g/mol. The lowest BCUT2D eigenvalue weighted by Crippen LogP contribution is -2.35. The average molecular weight is 247 g/mol. The molecule has 3 heteroatoms. The van der Waals surface area contributed by atoms with Crippen LogP contribution in [0.5, 0.6) is 0 Å². The predicted molar refractivity (Wildman–Crippen MR) is 72.8 cm³/mol. The van der Waals surface area contributed by atoms with Crippen LogP contribution in [-0.2, 0) is 16.0 Å². The molecule has 0 N–H and O–H groups in total. The summed E-state index contributed by atoms with van der Waals surface area (Å²) in [6.07, 6.45) is 2.51. The number of carbonyl (C=O) groups excluding carboxylic acids is 1. The number of esters is 1. The van der Waals surface area contributed by atoms with Gasteiger partial charge >= 0.3 is 5.97 Å². The number of hydrogen-bond acceptors (Lipinski definition) is 3. The van der Waals surface area contributed by atoms with Gasteiger partial charge in [-0.1, -0.05) is 25.1 Å². The molecule has 18 heavy (non-hydrogen) atoms. The molecule has 2 rings (SSSR count). The molecule has 0 bridgehead atoms. The van der Waals surface area contributed by atoms with E-state index in [1.807, 2.05) is 0 Å². The van der Waals surface area contributed by atoms with Gasteiger partial charge in [-0.15, -0.1) is 0 Å². The number of methoxy groups -OCH3 is 1. The Morgan fingerprint density at radius 1 is 1.44 bits per heavy atom. The van der Waals surface area contributed by atoms with Crippen molar-refractivity contribution in [2.24, 2.45) is 5.92 Å². The quantitative estimate of drug-likeness (QED) is 0.766. The lowest BCUT2D eigenvalue weighted by atomic mass is 9.94. The molecule has 1 heterocycles. The Hall–Kier alpha value is -1.51. The fourth-order valence-electron chi connectivity index (χ4n) is 2.63. The molecule has 0 radical (unpaired) electrons. The summed E-state index contributed by atoms with van der Waals surface area (Å²) in [4.78, 5) is 13.5. The molecule has 0 aliphatic carbocycles. The molecule has 1 aliphatic heterocycles. The van der Waals surface area contributed by atoms with Crippen molar-refractivity contribution in [1.82, 2.24) is 0 Å². The van der Waals surface area contributed by atoms with Crippen molar-refractivity contribution >= 4 is 11.7 Å². The van der Waals surface area contributed by atoms with Crippen molar-refractivity contribution in [3.05, 3.63) is 29.8 Å². The van der Waals surface area contributed by atoms with Crippen LogP contribution in [0.1, 0.15) is 25.3 Å². The second-order valence-electron chi connectivity index (χ2n) is 5.06. The van der Waals surface area contributed by atoms with Crippen LogP contribution in [0.4, 0.5) is 5.69 Å². The number of fused-ring (bicyclic) bond motifs is 1. The summed E-state index contributed by atoms with van der Waals surface area (Å²) in [6.45, 7) is 4.29. The topological polar surface area (TPSA) is 29.5 Å². The molecule has 1 aromatic carbocycles. The zero-order valence-corrected chi connectivity index (χ0v) is 11.2.